The molecular formula is C12H15FN2O5S. The Morgan fingerprint density at radius 3 is 2.33 bits per heavy atom. The fourth-order valence-corrected chi connectivity index (χ4v) is 1.98. The first-order valence-electron chi connectivity index (χ1n) is 6.03. The van der Waals surface area contributed by atoms with Gasteiger partial charge in [-0.2, -0.15) is 8.42 Å². The van der Waals surface area contributed by atoms with Gasteiger partial charge in [0.15, 0.2) is 0 Å². The monoisotopic (exact) mass is 318 g/mol. The highest BCUT2D eigenvalue weighted by molar-refractivity contribution is 7.86. The fraction of sp³-hybridized carbons (Fsp3) is 0.333. The average molecular weight is 318 g/mol. The molecular weight excluding hydrogens is 303 g/mol. The van der Waals surface area contributed by atoms with Crippen molar-refractivity contribution in [1.82, 2.24) is 5.32 Å². The number of carboxylic acids is 1. The summed E-state index contributed by atoms with van der Waals surface area (Å²) in [7, 11) is -4.79. The standard InChI is InChI=1S/C12H15FN2O5S/c13-21(19,20)9-5-3-8(4-6-9)11(16)15-7-1-2-10(14)12(17)18/h3-6,10H,1-2,7,14H2,(H,15,16)(H,17,18)/t10-/m0/s1. The molecule has 1 amide bonds. The predicted molar refractivity (Wildman–Crippen MR) is 71.9 cm³/mol. The van der Waals surface area contributed by atoms with Crippen LogP contribution in [0.4, 0.5) is 3.89 Å². The van der Waals surface area contributed by atoms with Crippen molar-refractivity contribution in [1.29, 1.82) is 0 Å². The van der Waals surface area contributed by atoms with E-state index < -0.39 is 33.0 Å². The Bertz CT molecular complexity index is 615. The number of rotatable bonds is 7. The molecule has 9 heteroatoms. The Labute approximate surface area is 121 Å². The van der Waals surface area contributed by atoms with Crippen molar-refractivity contribution < 1.29 is 27.0 Å². The van der Waals surface area contributed by atoms with Crippen molar-refractivity contribution in [2.75, 3.05) is 6.54 Å². The van der Waals surface area contributed by atoms with Crippen molar-refractivity contribution in [3.63, 3.8) is 0 Å². The first-order chi connectivity index (χ1) is 9.71. The second kappa shape index (κ2) is 7.14. The van der Waals surface area contributed by atoms with E-state index in [1.54, 1.807) is 0 Å². The van der Waals surface area contributed by atoms with Gasteiger partial charge in [0.1, 0.15) is 6.04 Å². The number of nitrogens with one attached hydrogen (secondary N) is 1. The van der Waals surface area contributed by atoms with E-state index in [-0.39, 0.29) is 18.5 Å². The molecule has 1 rings (SSSR count). The van der Waals surface area contributed by atoms with E-state index in [4.69, 9.17) is 10.8 Å². The van der Waals surface area contributed by atoms with Crippen LogP contribution in [-0.4, -0.2) is 38.0 Å². The van der Waals surface area contributed by atoms with Crippen molar-refractivity contribution in [3.8, 4) is 0 Å². The van der Waals surface area contributed by atoms with E-state index in [0.29, 0.717) is 6.42 Å². The summed E-state index contributed by atoms with van der Waals surface area (Å²) >= 11 is 0. The maximum Gasteiger partial charge on any atom is 0.332 e. The molecule has 0 spiro atoms. The molecule has 0 fully saturated rings. The lowest BCUT2D eigenvalue weighted by molar-refractivity contribution is -0.138. The van der Waals surface area contributed by atoms with Gasteiger partial charge in [-0.05, 0) is 37.1 Å². The van der Waals surface area contributed by atoms with Crippen LogP contribution >= 0.6 is 0 Å². The Hall–Kier alpha value is -2.00. The zero-order valence-corrected chi connectivity index (χ0v) is 11.8. The number of aliphatic carboxylic acids is 1. The normalized spacial score (nSPS) is 12.7. The highest BCUT2D eigenvalue weighted by Gasteiger charge is 2.13. The van der Waals surface area contributed by atoms with Crippen molar-refractivity contribution in [2.45, 2.75) is 23.8 Å². The molecule has 0 aromatic heterocycles. The van der Waals surface area contributed by atoms with Gasteiger partial charge in [-0.15, -0.1) is 3.89 Å². The summed E-state index contributed by atoms with van der Waals surface area (Å²) in [5.41, 5.74) is 5.47. The maximum atomic E-state index is 12.7. The summed E-state index contributed by atoms with van der Waals surface area (Å²) in [5.74, 6) is -1.58. The van der Waals surface area contributed by atoms with Crippen LogP contribution in [0.15, 0.2) is 29.2 Å². The van der Waals surface area contributed by atoms with E-state index in [1.165, 1.54) is 12.1 Å². The number of halogens is 1. The number of carboxylic acid groups (broad SMARTS) is 1. The van der Waals surface area contributed by atoms with Crippen LogP contribution < -0.4 is 11.1 Å². The highest BCUT2D eigenvalue weighted by Crippen LogP contribution is 2.12. The lowest BCUT2D eigenvalue weighted by Crippen LogP contribution is -2.32. The van der Waals surface area contributed by atoms with Gasteiger partial charge in [0.05, 0.1) is 4.90 Å². The van der Waals surface area contributed by atoms with Crippen LogP contribution in [0.25, 0.3) is 0 Å². The second-order valence-electron chi connectivity index (χ2n) is 4.31. The Morgan fingerprint density at radius 2 is 1.86 bits per heavy atom. The molecule has 1 aromatic rings. The average Bonchev–Trinajstić information content (AvgIpc) is 2.42. The minimum Gasteiger partial charge on any atom is -0.480 e. The van der Waals surface area contributed by atoms with Crippen molar-refractivity contribution >= 4 is 22.1 Å². The SMILES string of the molecule is N[C@@H](CCCNC(=O)c1ccc(S(=O)(=O)F)cc1)C(=O)O. The molecule has 0 unspecified atom stereocenters. The van der Waals surface area contributed by atoms with Gasteiger partial charge >= 0.3 is 16.2 Å². The van der Waals surface area contributed by atoms with Crippen LogP contribution in [0.2, 0.25) is 0 Å². The first-order valence-corrected chi connectivity index (χ1v) is 7.41. The predicted octanol–water partition coefficient (Wildman–Crippen LogP) is 0.267. The molecule has 0 saturated heterocycles. The minimum atomic E-state index is -4.79. The van der Waals surface area contributed by atoms with Gasteiger partial charge < -0.3 is 16.2 Å². The molecule has 0 bridgehead atoms. The number of carbonyl (C=O) groups excluding carboxylic acids is 1. The number of benzene rings is 1. The number of nitrogens with two attached hydrogens (primary N) is 1. The topological polar surface area (TPSA) is 127 Å². The van der Waals surface area contributed by atoms with Crippen LogP contribution in [0.5, 0.6) is 0 Å². The van der Waals surface area contributed by atoms with E-state index in [2.05, 4.69) is 5.32 Å². The molecule has 0 radical (unpaired) electrons. The third-order valence-corrected chi connectivity index (χ3v) is 3.53. The highest BCUT2D eigenvalue weighted by atomic mass is 32.3. The summed E-state index contributed by atoms with van der Waals surface area (Å²) in [4.78, 5) is 21.6. The third kappa shape index (κ3) is 5.48. The van der Waals surface area contributed by atoms with Gasteiger partial charge in [0, 0.05) is 12.1 Å². The van der Waals surface area contributed by atoms with E-state index >= 15 is 0 Å². The summed E-state index contributed by atoms with van der Waals surface area (Å²) in [6.45, 7) is 0.225. The van der Waals surface area contributed by atoms with E-state index in [1.807, 2.05) is 0 Å². The van der Waals surface area contributed by atoms with Gasteiger partial charge in [0.25, 0.3) is 5.91 Å². The lowest BCUT2D eigenvalue weighted by Gasteiger charge is -2.07. The van der Waals surface area contributed by atoms with Gasteiger partial charge in [-0.1, -0.05) is 0 Å². The molecule has 21 heavy (non-hydrogen) atoms. The minimum absolute atomic E-state index is 0.171. The number of hydrogen-bond acceptors (Lipinski definition) is 5. The van der Waals surface area contributed by atoms with E-state index in [9.17, 15) is 21.9 Å². The van der Waals surface area contributed by atoms with Crippen molar-refractivity contribution in [3.05, 3.63) is 29.8 Å². The Kier molecular flexibility index (Phi) is 5.79. The smallest absolute Gasteiger partial charge is 0.332 e. The second-order valence-corrected chi connectivity index (χ2v) is 5.65. The molecule has 1 atom stereocenters. The molecule has 7 nitrogen and oxygen atoms in total. The van der Waals surface area contributed by atoms with Gasteiger partial charge in [0.2, 0.25) is 0 Å². The Morgan fingerprint density at radius 1 is 1.29 bits per heavy atom. The molecule has 0 aliphatic carbocycles. The third-order valence-electron chi connectivity index (χ3n) is 2.69. The lowest BCUT2D eigenvalue weighted by atomic mass is 10.1. The quantitative estimate of drug-likeness (QED) is 0.489. The van der Waals surface area contributed by atoms with Crippen molar-refractivity contribution in [2.24, 2.45) is 5.73 Å². The van der Waals surface area contributed by atoms with Crippen LogP contribution in [-0.2, 0) is 15.0 Å². The zero-order chi connectivity index (χ0) is 16.0. The zero-order valence-electron chi connectivity index (χ0n) is 11.0. The number of carbonyl (C=O) groups is 2. The number of hydrogen-bond donors (Lipinski definition) is 3. The maximum absolute atomic E-state index is 12.7. The van der Waals surface area contributed by atoms with Crippen LogP contribution in [0.1, 0.15) is 23.2 Å². The molecule has 0 saturated carbocycles. The molecule has 0 heterocycles. The van der Waals surface area contributed by atoms with E-state index in [0.717, 1.165) is 12.1 Å². The number of amides is 1. The molecule has 116 valence electrons. The molecule has 1 aromatic carbocycles. The molecule has 0 aliphatic heterocycles. The van der Waals surface area contributed by atoms with Crippen LogP contribution in [0.3, 0.4) is 0 Å². The summed E-state index contributed by atoms with van der Waals surface area (Å²) < 4.78 is 33.9. The van der Waals surface area contributed by atoms with Crippen LogP contribution in [0, 0.1) is 0 Å². The summed E-state index contributed by atoms with van der Waals surface area (Å²) in [6.07, 6.45) is 0.602. The molecule has 4 N–H and O–H groups in total. The Balaban J connectivity index is 2.48. The summed E-state index contributed by atoms with van der Waals surface area (Å²) in [6, 6.07) is 3.38. The summed E-state index contributed by atoms with van der Waals surface area (Å²) in [5, 5.41) is 11.1. The first kappa shape index (κ1) is 17.1. The molecule has 0 aliphatic rings. The fourth-order valence-electron chi connectivity index (χ4n) is 1.52. The van der Waals surface area contributed by atoms with Gasteiger partial charge in [-0.25, -0.2) is 0 Å². The van der Waals surface area contributed by atoms with Gasteiger partial charge in [-0.3, -0.25) is 9.59 Å². The largest absolute Gasteiger partial charge is 0.480 e.